The van der Waals surface area contributed by atoms with E-state index in [1.165, 1.54) is 0 Å². The van der Waals surface area contributed by atoms with Crippen molar-refractivity contribution in [2.75, 3.05) is 23.7 Å². The van der Waals surface area contributed by atoms with Crippen molar-refractivity contribution in [1.29, 1.82) is 0 Å². The summed E-state index contributed by atoms with van der Waals surface area (Å²) < 4.78 is 0. The van der Waals surface area contributed by atoms with Crippen LogP contribution in [0.2, 0.25) is 0 Å². The Hall–Kier alpha value is -4.18. The number of rotatable bonds is 6. The summed E-state index contributed by atoms with van der Waals surface area (Å²) in [5, 5.41) is 6.13. The fraction of sp³-hybridized carbons (Fsp3) is 0.310. The highest BCUT2D eigenvalue weighted by Gasteiger charge is 2.25. The van der Waals surface area contributed by atoms with Crippen LogP contribution in [-0.2, 0) is 0 Å². The Labute approximate surface area is 212 Å². The molecule has 7 heteroatoms. The number of carbonyl (C=O) groups is 2. The van der Waals surface area contributed by atoms with Crippen LogP contribution in [0.5, 0.6) is 0 Å². The van der Waals surface area contributed by atoms with E-state index >= 15 is 0 Å². The number of anilines is 2. The number of hydrogen-bond acceptors (Lipinski definition) is 5. The fourth-order valence-electron chi connectivity index (χ4n) is 4.32. The van der Waals surface area contributed by atoms with Gasteiger partial charge in [-0.15, -0.1) is 6.42 Å². The Bertz CT molecular complexity index is 1270. The van der Waals surface area contributed by atoms with Crippen LogP contribution in [0.1, 0.15) is 70.1 Å². The van der Waals surface area contributed by atoms with Gasteiger partial charge in [0.25, 0.3) is 11.8 Å². The van der Waals surface area contributed by atoms with Gasteiger partial charge in [0.15, 0.2) is 0 Å². The molecule has 0 bridgehead atoms. The molecule has 3 heterocycles. The van der Waals surface area contributed by atoms with Crippen LogP contribution in [0.15, 0.2) is 54.9 Å². The molecule has 3 aromatic rings. The Morgan fingerprint density at radius 1 is 1.03 bits per heavy atom. The molecular weight excluding hydrogens is 450 g/mol. The zero-order chi connectivity index (χ0) is 25.7. The minimum atomic E-state index is -0.267. The summed E-state index contributed by atoms with van der Waals surface area (Å²) in [5.74, 6) is 3.32. The Balaban J connectivity index is 1.39. The second kappa shape index (κ2) is 11.0. The first-order chi connectivity index (χ1) is 17.3. The van der Waals surface area contributed by atoms with E-state index in [0.717, 1.165) is 29.8 Å². The minimum Gasteiger partial charge on any atom is -0.368 e. The summed E-state index contributed by atoms with van der Waals surface area (Å²) in [6.07, 6.45) is 10.5. The number of hydrogen-bond donors (Lipinski definition) is 2. The van der Waals surface area contributed by atoms with E-state index in [1.54, 1.807) is 24.4 Å². The van der Waals surface area contributed by atoms with Crippen molar-refractivity contribution in [2.24, 2.45) is 0 Å². The average molecular weight is 482 g/mol. The Morgan fingerprint density at radius 2 is 1.78 bits per heavy atom. The molecule has 4 rings (SSSR count). The summed E-state index contributed by atoms with van der Waals surface area (Å²) in [4.78, 5) is 36.5. The molecule has 0 atom stereocenters. The van der Waals surface area contributed by atoms with Crippen molar-refractivity contribution in [2.45, 2.75) is 45.6 Å². The number of aryl methyl sites for hydroxylation is 1. The normalized spacial score (nSPS) is 13.8. The molecule has 1 saturated heterocycles. The number of pyridine rings is 2. The molecule has 0 unspecified atom stereocenters. The number of amides is 2. The molecule has 1 fully saturated rings. The number of benzene rings is 1. The van der Waals surface area contributed by atoms with Gasteiger partial charge in [0.05, 0.1) is 5.56 Å². The van der Waals surface area contributed by atoms with E-state index in [1.807, 2.05) is 56.1 Å². The third-order valence-corrected chi connectivity index (χ3v) is 6.38. The zero-order valence-electron chi connectivity index (χ0n) is 20.9. The minimum absolute atomic E-state index is 0.0319. The molecule has 36 heavy (non-hydrogen) atoms. The van der Waals surface area contributed by atoms with Gasteiger partial charge in [-0.2, -0.15) is 0 Å². The lowest BCUT2D eigenvalue weighted by Crippen LogP contribution is -2.38. The first kappa shape index (κ1) is 24.9. The second-order valence-electron chi connectivity index (χ2n) is 9.40. The van der Waals surface area contributed by atoms with Gasteiger partial charge in [-0.1, -0.05) is 18.1 Å². The van der Waals surface area contributed by atoms with Crippen LogP contribution in [0.25, 0.3) is 0 Å². The van der Waals surface area contributed by atoms with E-state index in [2.05, 4.69) is 26.5 Å². The Morgan fingerprint density at radius 3 is 2.39 bits per heavy atom. The Kier molecular flexibility index (Phi) is 7.65. The van der Waals surface area contributed by atoms with Gasteiger partial charge in [0, 0.05) is 42.8 Å². The first-order valence-corrected chi connectivity index (χ1v) is 12.2. The molecule has 2 aromatic heterocycles. The monoisotopic (exact) mass is 481 g/mol. The maximum absolute atomic E-state index is 13.2. The summed E-state index contributed by atoms with van der Waals surface area (Å²) in [6.45, 7) is 7.29. The van der Waals surface area contributed by atoms with Crippen LogP contribution in [0, 0.1) is 19.3 Å². The molecular formula is C29H31N5O2. The van der Waals surface area contributed by atoms with Crippen molar-refractivity contribution in [1.82, 2.24) is 14.9 Å². The van der Waals surface area contributed by atoms with Crippen LogP contribution < -0.4 is 10.6 Å². The van der Waals surface area contributed by atoms with E-state index in [0.29, 0.717) is 41.5 Å². The van der Waals surface area contributed by atoms with E-state index in [9.17, 15) is 9.59 Å². The average Bonchev–Trinajstić information content (AvgIpc) is 2.89. The van der Waals surface area contributed by atoms with E-state index < -0.39 is 0 Å². The van der Waals surface area contributed by atoms with Gasteiger partial charge < -0.3 is 15.5 Å². The standard InChI is InChI=1S/C29H31N5O2/c1-5-25-10-8-23(17-30-25)21-12-14-34(15-13-21)29(36)22-7-6-20(4)26(16-22)33-28(35)24-9-11-27(31-18-24)32-19(2)3/h1,6-11,16-19,21H,12-15H2,2-4H3,(H,31,32)(H,33,35). The molecule has 0 spiro atoms. The van der Waals surface area contributed by atoms with Crippen molar-refractivity contribution < 1.29 is 9.59 Å². The summed E-state index contributed by atoms with van der Waals surface area (Å²) in [5.41, 5.74) is 4.29. The highest BCUT2D eigenvalue weighted by Crippen LogP contribution is 2.29. The number of piperidine rings is 1. The van der Waals surface area contributed by atoms with Crippen LogP contribution in [-0.4, -0.2) is 45.8 Å². The second-order valence-corrected chi connectivity index (χ2v) is 9.40. The predicted octanol–water partition coefficient (Wildman–Crippen LogP) is 4.86. The number of carbonyl (C=O) groups excluding carboxylic acids is 2. The van der Waals surface area contributed by atoms with Gasteiger partial charge in [-0.25, -0.2) is 9.97 Å². The van der Waals surface area contributed by atoms with Crippen LogP contribution >= 0.6 is 0 Å². The lowest BCUT2D eigenvalue weighted by atomic mass is 9.90. The molecule has 1 aliphatic heterocycles. The van der Waals surface area contributed by atoms with Crippen molar-refractivity contribution in [3.8, 4) is 12.3 Å². The molecule has 2 N–H and O–H groups in total. The smallest absolute Gasteiger partial charge is 0.257 e. The molecule has 0 aliphatic carbocycles. The molecule has 7 nitrogen and oxygen atoms in total. The number of aromatic nitrogens is 2. The lowest BCUT2D eigenvalue weighted by molar-refractivity contribution is 0.0712. The van der Waals surface area contributed by atoms with Gasteiger partial charge in [0.1, 0.15) is 11.5 Å². The first-order valence-electron chi connectivity index (χ1n) is 12.2. The molecule has 1 aliphatic rings. The van der Waals surface area contributed by atoms with E-state index in [-0.39, 0.29) is 17.9 Å². The highest BCUT2D eigenvalue weighted by atomic mass is 16.2. The van der Waals surface area contributed by atoms with Gasteiger partial charge >= 0.3 is 0 Å². The SMILES string of the molecule is C#Cc1ccc(C2CCN(C(=O)c3ccc(C)c(NC(=O)c4ccc(NC(C)C)nc4)c3)CC2)cn1. The lowest BCUT2D eigenvalue weighted by Gasteiger charge is -2.32. The molecule has 0 radical (unpaired) electrons. The summed E-state index contributed by atoms with van der Waals surface area (Å²) in [7, 11) is 0. The van der Waals surface area contributed by atoms with E-state index in [4.69, 9.17) is 6.42 Å². The highest BCUT2D eigenvalue weighted by molar-refractivity contribution is 6.05. The topological polar surface area (TPSA) is 87.2 Å². The number of terminal acetylenes is 1. The van der Waals surface area contributed by atoms with Gasteiger partial charge in [0.2, 0.25) is 0 Å². The molecule has 1 aromatic carbocycles. The maximum atomic E-state index is 13.2. The zero-order valence-corrected chi connectivity index (χ0v) is 20.9. The third kappa shape index (κ3) is 5.89. The summed E-state index contributed by atoms with van der Waals surface area (Å²) in [6, 6.07) is 13.1. The third-order valence-electron chi connectivity index (χ3n) is 6.38. The van der Waals surface area contributed by atoms with Crippen molar-refractivity contribution in [3.05, 3.63) is 82.8 Å². The number of likely N-dealkylation sites (tertiary alicyclic amines) is 1. The van der Waals surface area contributed by atoms with Crippen molar-refractivity contribution in [3.63, 3.8) is 0 Å². The molecule has 2 amide bonds. The molecule has 184 valence electrons. The fourth-order valence-corrected chi connectivity index (χ4v) is 4.32. The largest absolute Gasteiger partial charge is 0.368 e. The van der Waals surface area contributed by atoms with Gasteiger partial charge in [-0.3, -0.25) is 9.59 Å². The van der Waals surface area contributed by atoms with Gasteiger partial charge in [-0.05, 0) is 81.0 Å². The number of nitrogens with zero attached hydrogens (tertiary/aromatic N) is 3. The quantitative estimate of drug-likeness (QED) is 0.491. The molecule has 0 saturated carbocycles. The van der Waals surface area contributed by atoms with Crippen molar-refractivity contribution >= 4 is 23.3 Å². The maximum Gasteiger partial charge on any atom is 0.257 e. The number of nitrogens with one attached hydrogen (secondary N) is 2. The summed E-state index contributed by atoms with van der Waals surface area (Å²) >= 11 is 0. The van der Waals surface area contributed by atoms with Crippen LogP contribution in [0.3, 0.4) is 0 Å². The predicted molar refractivity (Wildman–Crippen MR) is 142 cm³/mol. The van der Waals surface area contributed by atoms with Crippen LogP contribution in [0.4, 0.5) is 11.5 Å².